The second-order valence-electron chi connectivity index (χ2n) is 6.39. The van der Waals surface area contributed by atoms with Crippen molar-refractivity contribution >= 4 is 28.4 Å². The van der Waals surface area contributed by atoms with E-state index in [1.807, 2.05) is 6.92 Å². The van der Waals surface area contributed by atoms with Gasteiger partial charge in [0.05, 0.1) is 11.2 Å². The highest BCUT2D eigenvalue weighted by Gasteiger charge is 2.24. The van der Waals surface area contributed by atoms with Crippen LogP contribution in [0.15, 0.2) is 30.7 Å². The topological polar surface area (TPSA) is 84.0 Å². The molecule has 2 heterocycles. The third kappa shape index (κ3) is 3.88. The van der Waals surface area contributed by atoms with Crippen molar-refractivity contribution in [2.24, 2.45) is 5.92 Å². The molecule has 6 heteroatoms. The minimum Gasteiger partial charge on any atom is -0.353 e. The molecular formula is C18H22N4O2. The molecule has 2 aromatic heterocycles. The van der Waals surface area contributed by atoms with E-state index in [1.54, 1.807) is 30.7 Å². The van der Waals surface area contributed by atoms with Gasteiger partial charge in [-0.1, -0.05) is 12.8 Å². The van der Waals surface area contributed by atoms with E-state index in [4.69, 9.17) is 0 Å². The van der Waals surface area contributed by atoms with Gasteiger partial charge < -0.3 is 10.6 Å². The first kappa shape index (κ1) is 16.4. The van der Waals surface area contributed by atoms with E-state index in [1.165, 1.54) is 0 Å². The zero-order valence-electron chi connectivity index (χ0n) is 13.8. The maximum absolute atomic E-state index is 12.3. The summed E-state index contributed by atoms with van der Waals surface area (Å²) in [6, 6.07) is 3.36. The summed E-state index contributed by atoms with van der Waals surface area (Å²) in [5.41, 5.74) is 1.47. The van der Waals surface area contributed by atoms with Crippen molar-refractivity contribution in [3.8, 4) is 0 Å². The Morgan fingerprint density at radius 2 is 2.04 bits per heavy atom. The van der Waals surface area contributed by atoms with E-state index in [-0.39, 0.29) is 30.2 Å². The molecule has 0 radical (unpaired) electrons. The number of fused-ring (bicyclic) bond motifs is 1. The summed E-state index contributed by atoms with van der Waals surface area (Å²) in [7, 11) is 0. The third-order valence-corrected chi connectivity index (χ3v) is 4.42. The van der Waals surface area contributed by atoms with Crippen LogP contribution in [0.5, 0.6) is 0 Å². The monoisotopic (exact) mass is 326 g/mol. The standard InChI is InChI=1S/C18H22N4O2/c1-12(21-18(24)13-4-2-3-5-13)10-17(23)22-16-7-9-20-15-6-8-19-11-14(15)16/h6-9,11-13H,2-5,10H2,1H3,(H,21,24)(H,20,22,23)/t12-/m0/s1. The number of amides is 2. The van der Waals surface area contributed by atoms with Gasteiger partial charge in [0.25, 0.3) is 0 Å². The summed E-state index contributed by atoms with van der Waals surface area (Å²) in [5, 5.41) is 6.64. The van der Waals surface area contributed by atoms with Crippen molar-refractivity contribution in [2.75, 3.05) is 5.32 Å². The number of hydrogen-bond donors (Lipinski definition) is 2. The average Bonchev–Trinajstić information content (AvgIpc) is 3.09. The molecule has 126 valence electrons. The Kier molecular flexibility index (Phi) is 5.03. The van der Waals surface area contributed by atoms with Crippen molar-refractivity contribution in [3.05, 3.63) is 30.7 Å². The summed E-state index contributed by atoms with van der Waals surface area (Å²) in [4.78, 5) is 32.7. The first-order chi connectivity index (χ1) is 11.6. The van der Waals surface area contributed by atoms with Crippen LogP contribution in [0.3, 0.4) is 0 Å². The molecule has 24 heavy (non-hydrogen) atoms. The van der Waals surface area contributed by atoms with Crippen LogP contribution in [-0.2, 0) is 9.59 Å². The normalized spacial score (nSPS) is 16.0. The highest BCUT2D eigenvalue weighted by atomic mass is 16.2. The van der Waals surface area contributed by atoms with E-state index in [9.17, 15) is 9.59 Å². The quantitative estimate of drug-likeness (QED) is 0.885. The Balaban J connectivity index is 1.57. The van der Waals surface area contributed by atoms with E-state index in [2.05, 4.69) is 20.6 Å². The van der Waals surface area contributed by atoms with Gasteiger partial charge in [0.15, 0.2) is 0 Å². The lowest BCUT2D eigenvalue weighted by atomic mass is 10.1. The van der Waals surface area contributed by atoms with Gasteiger partial charge in [0.1, 0.15) is 0 Å². The minimum atomic E-state index is -0.190. The molecule has 1 saturated carbocycles. The zero-order valence-corrected chi connectivity index (χ0v) is 13.8. The zero-order chi connectivity index (χ0) is 16.9. The lowest BCUT2D eigenvalue weighted by molar-refractivity contribution is -0.125. The SMILES string of the molecule is C[C@@H](CC(=O)Nc1ccnc2ccncc12)NC(=O)C1CCCC1. The lowest BCUT2D eigenvalue weighted by Crippen LogP contribution is -2.38. The fraction of sp³-hybridized carbons (Fsp3) is 0.444. The van der Waals surface area contributed by atoms with Crippen LogP contribution in [0.4, 0.5) is 5.69 Å². The largest absolute Gasteiger partial charge is 0.353 e. The number of nitrogens with one attached hydrogen (secondary N) is 2. The van der Waals surface area contributed by atoms with Gasteiger partial charge in [0.2, 0.25) is 11.8 Å². The Morgan fingerprint density at radius 1 is 1.25 bits per heavy atom. The van der Waals surface area contributed by atoms with Crippen molar-refractivity contribution in [1.29, 1.82) is 0 Å². The predicted octanol–water partition coefficient (Wildman–Crippen LogP) is 2.65. The van der Waals surface area contributed by atoms with E-state index < -0.39 is 0 Å². The summed E-state index contributed by atoms with van der Waals surface area (Å²) < 4.78 is 0. The molecular weight excluding hydrogens is 304 g/mol. The molecule has 0 saturated heterocycles. The van der Waals surface area contributed by atoms with Crippen molar-refractivity contribution in [3.63, 3.8) is 0 Å². The number of carbonyl (C=O) groups excluding carboxylic acids is 2. The van der Waals surface area contributed by atoms with Gasteiger partial charge in [-0.3, -0.25) is 19.6 Å². The molecule has 6 nitrogen and oxygen atoms in total. The number of pyridine rings is 2. The molecule has 0 bridgehead atoms. The number of aromatic nitrogens is 2. The molecule has 0 spiro atoms. The summed E-state index contributed by atoms with van der Waals surface area (Å²) in [6.07, 6.45) is 9.41. The molecule has 2 amide bonds. The van der Waals surface area contributed by atoms with Gasteiger partial charge in [-0.15, -0.1) is 0 Å². The van der Waals surface area contributed by atoms with Crippen molar-refractivity contribution in [1.82, 2.24) is 15.3 Å². The van der Waals surface area contributed by atoms with Gasteiger partial charge >= 0.3 is 0 Å². The van der Waals surface area contributed by atoms with Crippen LogP contribution in [0.1, 0.15) is 39.0 Å². The van der Waals surface area contributed by atoms with Gasteiger partial charge in [-0.25, -0.2) is 0 Å². The second kappa shape index (κ2) is 7.38. The van der Waals surface area contributed by atoms with E-state index in [0.29, 0.717) is 5.69 Å². The third-order valence-electron chi connectivity index (χ3n) is 4.42. The second-order valence-corrected chi connectivity index (χ2v) is 6.39. The van der Waals surface area contributed by atoms with Crippen LogP contribution < -0.4 is 10.6 Å². The molecule has 0 aromatic carbocycles. The first-order valence-corrected chi connectivity index (χ1v) is 8.42. The smallest absolute Gasteiger partial charge is 0.226 e. The molecule has 0 unspecified atom stereocenters. The van der Waals surface area contributed by atoms with Crippen LogP contribution in [0.25, 0.3) is 10.9 Å². The summed E-state index contributed by atoms with van der Waals surface area (Å²) >= 11 is 0. The highest BCUT2D eigenvalue weighted by Crippen LogP contribution is 2.25. The summed E-state index contributed by atoms with van der Waals surface area (Å²) in [6.45, 7) is 1.86. The Bertz CT molecular complexity index is 735. The fourth-order valence-electron chi connectivity index (χ4n) is 3.18. The number of anilines is 1. The molecule has 1 atom stereocenters. The molecule has 2 aromatic rings. The maximum atomic E-state index is 12.3. The molecule has 0 aliphatic heterocycles. The average molecular weight is 326 g/mol. The molecule has 1 aliphatic carbocycles. The van der Waals surface area contributed by atoms with Crippen molar-refractivity contribution < 1.29 is 9.59 Å². The molecule has 2 N–H and O–H groups in total. The predicted molar refractivity (Wildman–Crippen MR) is 92.3 cm³/mol. The Hall–Kier alpha value is -2.50. The van der Waals surface area contributed by atoms with Crippen LogP contribution in [0.2, 0.25) is 0 Å². The van der Waals surface area contributed by atoms with Gasteiger partial charge in [0, 0.05) is 42.4 Å². The fourth-order valence-corrected chi connectivity index (χ4v) is 3.18. The molecule has 1 fully saturated rings. The van der Waals surface area contributed by atoms with Crippen LogP contribution in [0, 0.1) is 5.92 Å². The lowest BCUT2D eigenvalue weighted by Gasteiger charge is -2.17. The van der Waals surface area contributed by atoms with Gasteiger partial charge in [-0.2, -0.15) is 0 Å². The van der Waals surface area contributed by atoms with E-state index in [0.717, 1.165) is 36.6 Å². The van der Waals surface area contributed by atoms with Gasteiger partial charge in [-0.05, 0) is 31.9 Å². The Labute approximate surface area is 141 Å². The van der Waals surface area contributed by atoms with E-state index >= 15 is 0 Å². The first-order valence-electron chi connectivity index (χ1n) is 8.42. The number of carbonyl (C=O) groups is 2. The molecule has 3 rings (SSSR count). The van der Waals surface area contributed by atoms with Crippen LogP contribution >= 0.6 is 0 Å². The number of rotatable bonds is 5. The Morgan fingerprint density at radius 3 is 2.83 bits per heavy atom. The minimum absolute atomic E-state index is 0.0753. The van der Waals surface area contributed by atoms with Crippen LogP contribution in [-0.4, -0.2) is 27.8 Å². The maximum Gasteiger partial charge on any atom is 0.226 e. The number of nitrogens with zero attached hydrogens (tertiary/aromatic N) is 2. The van der Waals surface area contributed by atoms with Crippen molar-refractivity contribution in [2.45, 2.75) is 45.1 Å². The molecule has 1 aliphatic rings. The number of hydrogen-bond acceptors (Lipinski definition) is 4. The summed E-state index contributed by atoms with van der Waals surface area (Å²) in [5.74, 6) is 0.0580. The highest BCUT2D eigenvalue weighted by molar-refractivity contribution is 6.00.